The van der Waals surface area contributed by atoms with Crippen molar-refractivity contribution in [2.45, 2.75) is 58.9 Å². The molecular weight excluding hydrogens is 317 g/mol. The van der Waals surface area contributed by atoms with Gasteiger partial charge < -0.3 is 5.32 Å². The summed E-state index contributed by atoms with van der Waals surface area (Å²) >= 11 is 3.31. The molecule has 0 amide bonds. The van der Waals surface area contributed by atoms with Crippen molar-refractivity contribution in [2.75, 3.05) is 6.54 Å². The third-order valence-electron chi connectivity index (χ3n) is 3.72. The summed E-state index contributed by atoms with van der Waals surface area (Å²) in [6.07, 6.45) is 5.63. The van der Waals surface area contributed by atoms with E-state index in [1.54, 1.807) is 6.07 Å². The molecule has 0 radical (unpaired) electrons. The molecule has 1 rings (SSSR count). The monoisotopic (exact) mass is 343 g/mol. The molecule has 0 heterocycles. The van der Waals surface area contributed by atoms with E-state index in [0.29, 0.717) is 10.4 Å². The van der Waals surface area contributed by atoms with Gasteiger partial charge in [-0.1, -0.05) is 45.7 Å². The van der Waals surface area contributed by atoms with E-state index in [1.807, 2.05) is 12.1 Å². The minimum Gasteiger partial charge on any atom is -0.310 e. The SMILES string of the molecule is CCCNC(c1cccc(Br)c1F)C(CCC)CCC. The lowest BCUT2D eigenvalue weighted by Crippen LogP contribution is -2.30. The highest BCUT2D eigenvalue weighted by Gasteiger charge is 2.24. The summed E-state index contributed by atoms with van der Waals surface area (Å²) in [5, 5.41) is 3.56. The summed E-state index contributed by atoms with van der Waals surface area (Å²) in [5.74, 6) is 0.388. The summed E-state index contributed by atoms with van der Waals surface area (Å²) < 4.78 is 15.0. The Morgan fingerprint density at radius 3 is 2.30 bits per heavy atom. The maximum absolute atomic E-state index is 14.4. The number of benzene rings is 1. The Kier molecular flexibility index (Phi) is 8.39. The molecule has 1 aromatic carbocycles. The zero-order chi connectivity index (χ0) is 15.0. The van der Waals surface area contributed by atoms with Crippen molar-refractivity contribution in [1.29, 1.82) is 0 Å². The van der Waals surface area contributed by atoms with Gasteiger partial charge in [-0.15, -0.1) is 0 Å². The fourth-order valence-corrected chi connectivity index (χ4v) is 3.19. The van der Waals surface area contributed by atoms with Crippen molar-refractivity contribution < 1.29 is 4.39 Å². The van der Waals surface area contributed by atoms with Crippen LogP contribution in [0.5, 0.6) is 0 Å². The third-order valence-corrected chi connectivity index (χ3v) is 4.33. The zero-order valence-corrected chi connectivity index (χ0v) is 14.5. The van der Waals surface area contributed by atoms with Gasteiger partial charge in [-0.2, -0.15) is 0 Å². The number of hydrogen-bond donors (Lipinski definition) is 1. The maximum Gasteiger partial charge on any atom is 0.142 e. The van der Waals surface area contributed by atoms with E-state index < -0.39 is 0 Å². The molecule has 0 bridgehead atoms. The van der Waals surface area contributed by atoms with Gasteiger partial charge in [-0.3, -0.25) is 0 Å². The van der Waals surface area contributed by atoms with Crippen LogP contribution in [0.15, 0.2) is 22.7 Å². The first kappa shape index (κ1) is 17.6. The predicted octanol–water partition coefficient (Wildman–Crippen LogP) is 5.85. The van der Waals surface area contributed by atoms with Gasteiger partial charge >= 0.3 is 0 Å². The molecule has 0 aliphatic heterocycles. The van der Waals surface area contributed by atoms with Gasteiger partial charge in [0.2, 0.25) is 0 Å². The summed E-state index contributed by atoms with van der Waals surface area (Å²) in [4.78, 5) is 0. The standard InChI is InChI=1S/C17H27BrFN/c1-4-8-13(9-5-2)17(20-12-6-3)14-10-7-11-15(18)16(14)19/h7,10-11,13,17,20H,4-6,8-9,12H2,1-3H3. The van der Waals surface area contributed by atoms with Gasteiger partial charge in [-0.25, -0.2) is 4.39 Å². The van der Waals surface area contributed by atoms with Crippen LogP contribution >= 0.6 is 15.9 Å². The molecule has 1 N–H and O–H groups in total. The van der Waals surface area contributed by atoms with Crippen LogP contribution in [0.2, 0.25) is 0 Å². The quantitative estimate of drug-likeness (QED) is 0.593. The lowest BCUT2D eigenvalue weighted by molar-refractivity contribution is 0.309. The van der Waals surface area contributed by atoms with E-state index in [9.17, 15) is 4.39 Å². The van der Waals surface area contributed by atoms with Crippen molar-refractivity contribution in [1.82, 2.24) is 5.32 Å². The van der Waals surface area contributed by atoms with E-state index in [4.69, 9.17) is 0 Å². The van der Waals surface area contributed by atoms with Crippen LogP contribution in [0.4, 0.5) is 4.39 Å². The van der Waals surface area contributed by atoms with Crippen LogP contribution < -0.4 is 5.32 Å². The summed E-state index contributed by atoms with van der Waals surface area (Å²) in [6.45, 7) is 7.49. The Morgan fingerprint density at radius 2 is 1.75 bits per heavy atom. The van der Waals surface area contributed by atoms with Crippen LogP contribution in [0.25, 0.3) is 0 Å². The smallest absolute Gasteiger partial charge is 0.142 e. The fraction of sp³-hybridized carbons (Fsp3) is 0.647. The predicted molar refractivity (Wildman–Crippen MR) is 88.4 cm³/mol. The zero-order valence-electron chi connectivity index (χ0n) is 12.9. The topological polar surface area (TPSA) is 12.0 Å². The molecule has 0 fully saturated rings. The number of hydrogen-bond acceptors (Lipinski definition) is 1. The van der Waals surface area contributed by atoms with Crippen LogP contribution in [0, 0.1) is 11.7 Å². The third kappa shape index (κ3) is 4.85. The van der Waals surface area contributed by atoms with Gasteiger partial charge in [0, 0.05) is 11.6 Å². The molecule has 0 saturated carbocycles. The second kappa shape index (κ2) is 9.51. The number of nitrogens with one attached hydrogen (secondary N) is 1. The second-order valence-corrected chi connectivity index (χ2v) is 6.27. The molecule has 20 heavy (non-hydrogen) atoms. The average molecular weight is 344 g/mol. The van der Waals surface area contributed by atoms with Gasteiger partial charge in [0.05, 0.1) is 4.47 Å². The average Bonchev–Trinajstić information content (AvgIpc) is 2.44. The Labute approximate surface area is 131 Å². The summed E-state index contributed by atoms with van der Waals surface area (Å²) in [7, 11) is 0. The van der Waals surface area contributed by atoms with E-state index >= 15 is 0 Å². The second-order valence-electron chi connectivity index (χ2n) is 5.41. The minimum atomic E-state index is -0.113. The number of rotatable bonds is 9. The lowest BCUT2D eigenvalue weighted by atomic mass is 9.86. The van der Waals surface area contributed by atoms with Gasteiger partial charge in [0.25, 0.3) is 0 Å². The Morgan fingerprint density at radius 1 is 1.10 bits per heavy atom. The van der Waals surface area contributed by atoms with Gasteiger partial charge in [-0.05, 0) is 53.7 Å². The summed E-state index contributed by atoms with van der Waals surface area (Å²) in [6, 6.07) is 5.74. The molecule has 0 aromatic heterocycles. The molecular formula is C17H27BrFN. The molecule has 114 valence electrons. The highest BCUT2D eigenvalue weighted by atomic mass is 79.9. The first-order valence-corrected chi connectivity index (χ1v) is 8.62. The first-order valence-electron chi connectivity index (χ1n) is 7.82. The van der Waals surface area contributed by atoms with Gasteiger partial charge in [0.15, 0.2) is 0 Å². The van der Waals surface area contributed by atoms with Crippen LogP contribution in [0.3, 0.4) is 0 Å². The Bertz CT molecular complexity index is 389. The molecule has 0 aliphatic rings. The fourth-order valence-electron chi connectivity index (χ4n) is 2.81. The molecule has 0 saturated heterocycles. The van der Waals surface area contributed by atoms with Crippen LogP contribution in [-0.4, -0.2) is 6.54 Å². The molecule has 0 aliphatic carbocycles. The highest BCUT2D eigenvalue weighted by Crippen LogP contribution is 2.33. The first-order chi connectivity index (χ1) is 9.65. The Hall–Kier alpha value is -0.410. The lowest BCUT2D eigenvalue weighted by Gasteiger charge is -2.29. The van der Waals surface area contributed by atoms with Crippen molar-refractivity contribution in [2.24, 2.45) is 5.92 Å². The molecule has 1 unspecified atom stereocenters. The highest BCUT2D eigenvalue weighted by molar-refractivity contribution is 9.10. The number of halogens is 2. The normalized spacial score (nSPS) is 12.9. The van der Waals surface area contributed by atoms with E-state index in [1.165, 1.54) is 0 Å². The van der Waals surface area contributed by atoms with Crippen molar-refractivity contribution in [3.05, 3.63) is 34.1 Å². The van der Waals surface area contributed by atoms with Crippen LogP contribution in [0.1, 0.15) is 64.5 Å². The molecule has 1 aromatic rings. The molecule has 3 heteroatoms. The van der Waals surface area contributed by atoms with Crippen molar-refractivity contribution in [3.8, 4) is 0 Å². The largest absolute Gasteiger partial charge is 0.310 e. The maximum atomic E-state index is 14.4. The minimum absolute atomic E-state index is 0.113. The van der Waals surface area contributed by atoms with E-state index in [0.717, 1.165) is 44.2 Å². The van der Waals surface area contributed by atoms with Crippen LogP contribution in [-0.2, 0) is 0 Å². The van der Waals surface area contributed by atoms with E-state index in [-0.39, 0.29) is 11.9 Å². The van der Waals surface area contributed by atoms with Gasteiger partial charge in [0.1, 0.15) is 5.82 Å². The Balaban J connectivity index is 3.05. The van der Waals surface area contributed by atoms with Crippen molar-refractivity contribution >= 4 is 15.9 Å². The van der Waals surface area contributed by atoms with E-state index in [2.05, 4.69) is 42.0 Å². The molecule has 1 nitrogen and oxygen atoms in total. The molecule has 1 atom stereocenters. The molecule has 0 spiro atoms. The summed E-state index contributed by atoms with van der Waals surface area (Å²) in [5.41, 5.74) is 0.805. The van der Waals surface area contributed by atoms with Crippen molar-refractivity contribution in [3.63, 3.8) is 0 Å².